The van der Waals surface area contributed by atoms with Gasteiger partial charge in [0.25, 0.3) is 0 Å². The molecule has 0 fully saturated rings. The van der Waals surface area contributed by atoms with Crippen molar-refractivity contribution in [2.24, 2.45) is 5.41 Å². The van der Waals surface area contributed by atoms with E-state index < -0.39 is 0 Å². The van der Waals surface area contributed by atoms with E-state index in [1.807, 2.05) is 19.1 Å². The summed E-state index contributed by atoms with van der Waals surface area (Å²) in [6.07, 6.45) is 0.425. The van der Waals surface area contributed by atoms with Gasteiger partial charge in [-0.1, -0.05) is 39.8 Å². The van der Waals surface area contributed by atoms with Gasteiger partial charge < -0.3 is 10.0 Å². The predicted octanol–water partition coefficient (Wildman–Crippen LogP) is 3.61. The van der Waals surface area contributed by atoms with Gasteiger partial charge in [0.2, 0.25) is 0 Å². The summed E-state index contributed by atoms with van der Waals surface area (Å²) in [6.45, 7) is 9.71. The minimum atomic E-state index is -0.336. The van der Waals surface area contributed by atoms with Crippen molar-refractivity contribution in [3.05, 3.63) is 29.8 Å². The van der Waals surface area contributed by atoms with E-state index >= 15 is 0 Å². The molecule has 0 heterocycles. The van der Waals surface area contributed by atoms with Gasteiger partial charge in [-0.25, -0.2) is 0 Å². The molecule has 2 nitrogen and oxygen atoms in total. The molecule has 0 saturated carbocycles. The van der Waals surface area contributed by atoms with Crippen molar-refractivity contribution in [3.63, 3.8) is 0 Å². The highest BCUT2D eigenvalue weighted by molar-refractivity contribution is 5.47. The SMILES string of the molecule is CCC(O)c1ccc(N(C)CC(C)(C)C)cc1. The summed E-state index contributed by atoms with van der Waals surface area (Å²) in [5.74, 6) is 0. The van der Waals surface area contributed by atoms with E-state index in [2.05, 4.69) is 44.9 Å². The molecule has 0 amide bonds. The summed E-state index contributed by atoms with van der Waals surface area (Å²) in [6, 6.07) is 8.20. The molecule has 0 aliphatic carbocycles. The number of hydrogen-bond acceptors (Lipinski definition) is 2. The van der Waals surface area contributed by atoms with E-state index in [0.29, 0.717) is 0 Å². The molecule has 0 radical (unpaired) electrons. The van der Waals surface area contributed by atoms with Crippen LogP contribution in [0.5, 0.6) is 0 Å². The fourth-order valence-electron chi connectivity index (χ4n) is 1.99. The van der Waals surface area contributed by atoms with Crippen molar-refractivity contribution in [3.8, 4) is 0 Å². The molecule has 17 heavy (non-hydrogen) atoms. The lowest BCUT2D eigenvalue weighted by Gasteiger charge is -2.28. The van der Waals surface area contributed by atoms with Gasteiger partial charge in [0.05, 0.1) is 6.10 Å². The van der Waals surface area contributed by atoms with Crippen LogP contribution in [0, 0.1) is 5.41 Å². The zero-order valence-corrected chi connectivity index (χ0v) is 11.7. The lowest BCUT2D eigenvalue weighted by Crippen LogP contribution is -2.28. The molecule has 2 heteroatoms. The van der Waals surface area contributed by atoms with E-state index in [9.17, 15) is 5.11 Å². The summed E-state index contributed by atoms with van der Waals surface area (Å²) in [5.41, 5.74) is 2.49. The molecule has 1 aromatic carbocycles. The first kappa shape index (κ1) is 14.0. The average Bonchev–Trinajstić information content (AvgIpc) is 2.26. The molecule has 0 spiro atoms. The van der Waals surface area contributed by atoms with Crippen LogP contribution in [0.15, 0.2) is 24.3 Å². The zero-order valence-electron chi connectivity index (χ0n) is 11.7. The van der Waals surface area contributed by atoms with Crippen LogP contribution in [-0.4, -0.2) is 18.7 Å². The summed E-state index contributed by atoms with van der Waals surface area (Å²) in [4.78, 5) is 2.25. The van der Waals surface area contributed by atoms with Crippen LogP contribution in [-0.2, 0) is 0 Å². The van der Waals surface area contributed by atoms with Gasteiger partial charge in [0.1, 0.15) is 0 Å². The summed E-state index contributed by atoms with van der Waals surface area (Å²) in [7, 11) is 2.11. The molecular weight excluding hydrogens is 210 g/mol. The number of aliphatic hydroxyl groups is 1. The lowest BCUT2D eigenvalue weighted by molar-refractivity contribution is 0.173. The highest BCUT2D eigenvalue weighted by Crippen LogP contribution is 2.23. The third kappa shape index (κ3) is 4.39. The Hall–Kier alpha value is -1.02. The first-order valence-corrected chi connectivity index (χ1v) is 6.32. The third-order valence-corrected chi connectivity index (χ3v) is 2.82. The van der Waals surface area contributed by atoms with Crippen molar-refractivity contribution < 1.29 is 5.11 Å². The van der Waals surface area contributed by atoms with Crippen molar-refractivity contribution in [2.75, 3.05) is 18.5 Å². The fourth-order valence-corrected chi connectivity index (χ4v) is 1.99. The molecule has 1 aromatic rings. The monoisotopic (exact) mass is 235 g/mol. The smallest absolute Gasteiger partial charge is 0.0787 e. The Bertz CT molecular complexity index is 337. The topological polar surface area (TPSA) is 23.5 Å². The Labute approximate surface area is 105 Å². The minimum Gasteiger partial charge on any atom is -0.388 e. The summed E-state index contributed by atoms with van der Waals surface area (Å²) in [5, 5.41) is 9.73. The maximum absolute atomic E-state index is 9.73. The van der Waals surface area contributed by atoms with Crippen molar-refractivity contribution in [1.29, 1.82) is 0 Å². The number of nitrogens with zero attached hydrogens (tertiary/aromatic N) is 1. The van der Waals surface area contributed by atoms with Gasteiger partial charge >= 0.3 is 0 Å². The Kier molecular flexibility index (Phi) is 4.58. The van der Waals surface area contributed by atoms with Gasteiger partial charge in [-0.3, -0.25) is 0 Å². The Morgan fingerprint density at radius 3 is 2.12 bits per heavy atom. The molecule has 1 unspecified atom stereocenters. The van der Waals surface area contributed by atoms with Gasteiger partial charge in [-0.05, 0) is 29.5 Å². The standard InChI is InChI=1S/C15H25NO/c1-6-14(17)12-7-9-13(10-8-12)16(5)11-15(2,3)4/h7-10,14,17H,6,11H2,1-5H3. The van der Waals surface area contributed by atoms with Crippen molar-refractivity contribution in [1.82, 2.24) is 0 Å². The predicted molar refractivity (Wildman–Crippen MR) is 74.4 cm³/mol. The number of benzene rings is 1. The molecule has 1 N–H and O–H groups in total. The lowest BCUT2D eigenvalue weighted by atomic mass is 9.96. The van der Waals surface area contributed by atoms with Crippen LogP contribution in [0.4, 0.5) is 5.69 Å². The quantitative estimate of drug-likeness (QED) is 0.861. The van der Waals surface area contributed by atoms with Crippen LogP contribution in [0.3, 0.4) is 0 Å². The molecule has 1 atom stereocenters. The molecule has 0 aromatic heterocycles. The second-order valence-corrected chi connectivity index (χ2v) is 5.93. The molecule has 1 rings (SSSR count). The highest BCUT2D eigenvalue weighted by atomic mass is 16.3. The van der Waals surface area contributed by atoms with Crippen LogP contribution >= 0.6 is 0 Å². The summed E-state index contributed by atoms with van der Waals surface area (Å²) >= 11 is 0. The molecule has 0 bridgehead atoms. The maximum Gasteiger partial charge on any atom is 0.0787 e. The molecule has 96 valence electrons. The Balaban J connectivity index is 2.74. The van der Waals surface area contributed by atoms with Gasteiger partial charge in [0.15, 0.2) is 0 Å². The maximum atomic E-state index is 9.73. The Morgan fingerprint density at radius 1 is 1.18 bits per heavy atom. The van der Waals surface area contributed by atoms with E-state index in [-0.39, 0.29) is 11.5 Å². The van der Waals surface area contributed by atoms with E-state index in [1.54, 1.807) is 0 Å². The van der Waals surface area contributed by atoms with E-state index in [0.717, 1.165) is 18.5 Å². The largest absolute Gasteiger partial charge is 0.388 e. The fraction of sp³-hybridized carbons (Fsp3) is 0.600. The van der Waals surface area contributed by atoms with Crippen LogP contribution in [0.25, 0.3) is 0 Å². The van der Waals surface area contributed by atoms with Crippen molar-refractivity contribution >= 4 is 5.69 Å². The number of rotatable bonds is 4. The zero-order chi connectivity index (χ0) is 13.1. The van der Waals surface area contributed by atoms with Crippen molar-refractivity contribution in [2.45, 2.75) is 40.2 Å². The van der Waals surface area contributed by atoms with E-state index in [1.165, 1.54) is 5.69 Å². The van der Waals surface area contributed by atoms with Gasteiger partial charge in [-0.15, -0.1) is 0 Å². The second-order valence-electron chi connectivity index (χ2n) is 5.93. The third-order valence-electron chi connectivity index (χ3n) is 2.82. The number of hydrogen-bond donors (Lipinski definition) is 1. The average molecular weight is 235 g/mol. The minimum absolute atomic E-state index is 0.288. The molecule has 0 aliphatic heterocycles. The molecular formula is C15H25NO. The van der Waals surface area contributed by atoms with Gasteiger partial charge in [-0.2, -0.15) is 0 Å². The normalized spacial score (nSPS) is 13.5. The first-order chi connectivity index (χ1) is 7.83. The first-order valence-electron chi connectivity index (χ1n) is 6.32. The van der Waals surface area contributed by atoms with Crippen LogP contribution < -0.4 is 4.90 Å². The summed E-state index contributed by atoms with van der Waals surface area (Å²) < 4.78 is 0. The molecule has 0 aliphatic rings. The Morgan fingerprint density at radius 2 is 1.71 bits per heavy atom. The highest BCUT2D eigenvalue weighted by Gasteiger charge is 2.14. The molecule has 0 saturated heterocycles. The number of aliphatic hydroxyl groups excluding tert-OH is 1. The second kappa shape index (κ2) is 5.54. The van der Waals surface area contributed by atoms with Gasteiger partial charge in [0, 0.05) is 19.3 Å². The van der Waals surface area contributed by atoms with Crippen LogP contribution in [0.2, 0.25) is 0 Å². The van der Waals surface area contributed by atoms with E-state index in [4.69, 9.17) is 0 Å². The number of anilines is 1. The van der Waals surface area contributed by atoms with Crippen LogP contribution in [0.1, 0.15) is 45.8 Å².